The Hall–Kier alpha value is -1.50. The van der Waals surface area contributed by atoms with Gasteiger partial charge in [-0.1, -0.05) is 12.7 Å². The standard InChI is InChI=1S/C10H14N2O2/c1-2-7-14-10(13)12-6-4-3-5-9(12)8-11/h2,9H,1,3-7H2. The lowest BCUT2D eigenvalue weighted by Crippen LogP contribution is -2.43. The van der Waals surface area contributed by atoms with Crippen molar-refractivity contribution in [3.05, 3.63) is 12.7 Å². The van der Waals surface area contributed by atoms with Gasteiger partial charge in [0.25, 0.3) is 0 Å². The molecule has 1 unspecified atom stereocenters. The highest BCUT2D eigenvalue weighted by Crippen LogP contribution is 2.17. The zero-order valence-corrected chi connectivity index (χ0v) is 8.11. The van der Waals surface area contributed by atoms with Crippen LogP contribution in [0.3, 0.4) is 0 Å². The molecule has 1 saturated heterocycles. The highest BCUT2D eigenvalue weighted by molar-refractivity contribution is 5.68. The minimum Gasteiger partial charge on any atom is -0.445 e. The fraction of sp³-hybridized carbons (Fsp3) is 0.600. The van der Waals surface area contributed by atoms with Crippen LogP contribution in [0.25, 0.3) is 0 Å². The average molecular weight is 194 g/mol. The molecule has 0 N–H and O–H groups in total. The smallest absolute Gasteiger partial charge is 0.411 e. The van der Waals surface area contributed by atoms with Crippen LogP contribution in [0.5, 0.6) is 0 Å². The Morgan fingerprint density at radius 1 is 1.71 bits per heavy atom. The molecule has 4 nitrogen and oxygen atoms in total. The Bertz CT molecular complexity index is 257. The number of nitriles is 1. The van der Waals surface area contributed by atoms with Crippen LogP contribution in [0.15, 0.2) is 12.7 Å². The second-order valence-electron chi connectivity index (χ2n) is 3.20. The lowest BCUT2D eigenvalue weighted by Gasteiger charge is -2.30. The van der Waals surface area contributed by atoms with Crippen LogP contribution in [-0.2, 0) is 4.74 Å². The summed E-state index contributed by atoms with van der Waals surface area (Å²) in [7, 11) is 0. The van der Waals surface area contributed by atoms with Crippen molar-refractivity contribution in [3.8, 4) is 6.07 Å². The maximum absolute atomic E-state index is 11.4. The van der Waals surface area contributed by atoms with Crippen LogP contribution < -0.4 is 0 Å². The zero-order chi connectivity index (χ0) is 10.4. The van der Waals surface area contributed by atoms with Gasteiger partial charge in [-0.25, -0.2) is 4.79 Å². The van der Waals surface area contributed by atoms with Crippen LogP contribution in [0.4, 0.5) is 4.79 Å². The number of carbonyl (C=O) groups excluding carboxylic acids is 1. The predicted molar refractivity (Wildman–Crippen MR) is 51.5 cm³/mol. The van der Waals surface area contributed by atoms with Crippen molar-refractivity contribution in [1.29, 1.82) is 5.26 Å². The van der Waals surface area contributed by atoms with E-state index in [1.165, 1.54) is 11.0 Å². The molecule has 4 heteroatoms. The van der Waals surface area contributed by atoms with Crippen molar-refractivity contribution < 1.29 is 9.53 Å². The van der Waals surface area contributed by atoms with Crippen molar-refractivity contribution >= 4 is 6.09 Å². The molecular weight excluding hydrogens is 180 g/mol. The first kappa shape index (κ1) is 10.6. The van der Waals surface area contributed by atoms with Crippen molar-refractivity contribution in [1.82, 2.24) is 4.90 Å². The van der Waals surface area contributed by atoms with Crippen molar-refractivity contribution in [2.45, 2.75) is 25.3 Å². The van der Waals surface area contributed by atoms with Gasteiger partial charge in [0, 0.05) is 6.54 Å². The van der Waals surface area contributed by atoms with Gasteiger partial charge in [0.1, 0.15) is 12.6 Å². The summed E-state index contributed by atoms with van der Waals surface area (Å²) in [6.07, 6.45) is 3.81. The largest absolute Gasteiger partial charge is 0.445 e. The van der Waals surface area contributed by atoms with Gasteiger partial charge < -0.3 is 4.74 Å². The minimum absolute atomic E-state index is 0.202. The summed E-state index contributed by atoms with van der Waals surface area (Å²) in [6, 6.07) is 1.79. The summed E-state index contributed by atoms with van der Waals surface area (Å²) in [5, 5.41) is 8.82. The van der Waals surface area contributed by atoms with Crippen LogP contribution in [-0.4, -0.2) is 30.2 Å². The Morgan fingerprint density at radius 3 is 3.14 bits per heavy atom. The molecule has 14 heavy (non-hydrogen) atoms. The minimum atomic E-state index is -0.406. The topological polar surface area (TPSA) is 53.3 Å². The number of piperidine rings is 1. The Morgan fingerprint density at radius 2 is 2.50 bits per heavy atom. The molecule has 76 valence electrons. The lowest BCUT2D eigenvalue weighted by molar-refractivity contribution is 0.0928. The first-order valence-corrected chi connectivity index (χ1v) is 4.73. The quantitative estimate of drug-likeness (QED) is 0.628. The lowest BCUT2D eigenvalue weighted by atomic mass is 10.0. The number of amides is 1. The molecule has 0 aliphatic carbocycles. The van der Waals surface area contributed by atoms with E-state index in [9.17, 15) is 4.79 Å². The van der Waals surface area contributed by atoms with Gasteiger partial charge in [0.15, 0.2) is 0 Å². The van der Waals surface area contributed by atoms with Gasteiger partial charge in [-0.3, -0.25) is 4.90 Å². The van der Waals surface area contributed by atoms with E-state index in [1.807, 2.05) is 0 Å². The third-order valence-corrected chi connectivity index (χ3v) is 2.21. The highest BCUT2D eigenvalue weighted by Gasteiger charge is 2.27. The Kier molecular flexibility index (Phi) is 3.99. The van der Waals surface area contributed by atoms with Crippen LogP contribution in [0.1, 0.15) is 19.3 Å². The maximum atomic E-state index is 11.4. The van der Waals surface area contributed by atoms with Crippen molar-refractivity contribution in [2.24, 2.45) is 0 Å². The van der Waals surface area contributed by atoms with Gasteiger partial charge in [0.05, 0.1) is 6.07 Å². The van der Waals surface area contributed by atoms with E-state index >= 15 is 0 Å². The fourth-order valence-electron chi connectivity index (χ4n) is 1.50. The average Bonchev–Trinajstić information content (AvgIpc) is 2.25. The van der Waals surface area contributed by atoms with Gasteiger partial charge in [-0.2, -0.15) is 5.26 Å². The van der Waals surface area contributed by atoms with Crippen LogP contribution in [0.2, 0.25) is 0 Å². The Labute approximate surface area is 83.8 Å². The molecule has 1 atom stereocenters. The predicted octanol–water partition coefficient (Wildman–Crippen LogP) is 1.69. The maximum Gasteiger partial charge on any atom is 0.411 e. The number of nitrogens with zero attached hydrogens (tertiary/aromatic N) is 2. The second kappa shape index (κ2) is 5.28. The number of likely N-dealkylation sites (tertiary alicyclic amines) is 1. The Balaban J connectivity index is 2.51. The van der Waals surface area contributed by atoms with E-state index < -0.39 is 6.09 Å². The summed E-state index contributed by atoms with van der Waals surface area (Å²) < 4.78 is 4.88. The molecule has 0 radical (unpaired) electrons. The molecule has 0 aromatic carbocycles. The molecule has 0 aromatic heterocycles. The van der Waals surface area contributed by atoms with E-state index in [2.05, 4.69) is 12.6 Å². The second-order valence-corrected chi connectivity index (χ2v) is 3.20. The zero-order valence-electron chi connectivity index (χ0n) is 8.11. The summed E-state index contributed by atoms with van der Waals surface area (Å²) in [6.45, 7) is 4.28. The fourth-order valence-corrected chi connectivity index (χ4v) is 1.50. The van der Waals surface area contributed by atoms with Crippen LogP contribution in [0, 0.1) is 11.3 Å². The number of hydrogen-bond acceptors (Lipinski definition) is 3. The van der Waals surface area contributed by atoms with E-state index in [0.717, 1.165) is 19.3 Å². The van der Waals surface area contributed by atoms with E-state index in [4.69, 9.17) is 10.00 Å². The highest BCUT2D eigenvalue weighted by atomic mass is 16.6. The van der Waals surface area contributed by atoms with Crippen molar-refractivity contribution in [2.75, 3.05) is 13.2 Å². The van der Waals surface area contributed by atoms with Gasteiger partial charge in [-0.05, 0) is 19.3 Å². The first-order chi connectivity index (χ1) is 6.79. The van der Waals surface area contributed by atoms with E-state index in [-0.39, 0.29) is 12.6 Å². The summed E-state index contributed by atoms with van der Waals surface area (Å²) in [5.41, 5.74) is 0. The molecule has 0 aromatic rings. The number of hydrogen-bond donors (Lipinski definition) is 0. The first-order valence-electron chi connectivity index (χ1n) is 4.73. The molecular formula is C10H14N2O2. The molecule has 0 bridgehead atoms. The summed E-state index contributed by atoms with van der Waals surface area (Å²) >= 11 is 0. The molecule has 1 fully saturated rings. The molecule has 1 aliphatic rings. The normalized spacial score (nSPS) is 21.1. The molecule has 0 spiro atoms. The molecule has 1 heterocycles. The number of ether oxygens (including phenoxy) is 1. The third-order valence-electron chi connectivity index (χ3n) is 2.21. The van der Waals surface area contributed by atoms with Crippen molar-refractivity contribution in [3.63, 3.8) is 0 Å². The number of rotatable bonds is 2. The molecule has 1 aliphatic heterocycles. The van der Waals surface area contributed by atoms with Gasteiger partial charge in [-0.15, -0.1) is 0 Å². The molecule has 0 saturated carbocycles. The summed E-state index contributed by atoms with van der Waals surface area (Å²) in [5.74, 6) is 0. The molecule has 1 rings (SSSR count). The van der Waals surface area contributed by atoms with E-state index in [1.54, 1.807) is 0 Å². The van der Waals surface area contributed by atoms with E-state index in [0.29, 0.717) is 6.54 Å². The monoisotopic (exact) mass is 194 g/mol. The third kappa shape index (κ3) is 2.49. The van der Waals surface area contributed by atoms with Gasteiger partial charge >= 0.3 is 6.09 Å². The van der Waals surface area contributed by atoms with Gasteiger partial charge in [0.2, 0.25) is 0 Å². The summed E-state index contributed by atoms with van der Waals surface area (Å²) in [4.78, 5) is 12.9. The number of carbonyl (C=O) groups is 1. The SMILES string of the molecule is C=CCOC(=O)N1CCCCC1C#N. The van der Waals surface area contributed by atoms with Crippen LogP contribution >= 0.6 is 0 Å². The molecule has 1 amide bonds.